The molecule has 2 N–H and O–H groups in total. The van der Waals surface area contributed by atoms with Crippen molar-refractivity contribution in [3.63, 3.8) is 0 Å². The highest BCUT2D eigenvalue weighted by atomic mass is 32.1. The minimum absolute atomic E-state index is 0.192. The summed E-state index contributed by atoms with van der Waals surface area (Å²) < 4.78 is 11.3. The Hall–Kier alpha value is -2.44. The molecule has 1 atom stereocenters. The van der Waals surface area contributed by atoms with Crippen LogP contribution in [-0.2, 0) is 4.74 Å². The van der Waals surface area contributed by atoms with Gasteiger partial charge in [0.15, 0.2) is 5.11 Å². The molecule has 0 aliphatic carbocycles. The van der Waals surface area contributed by atoms with E-state index in [-0.39, 0.29) is 17.1 Å². The van der Waals surface area contributed by atoms with Crippen LogP contribution in [-0.4, -0.2) is 30.3 Å². The third kappa shape index (κ3) is 5.03. The molecule has 1 amide bonds. The van der Waals surface area contributed by atoms with Gasteiger partial charge in [-0.3, -0.25) is 10.1 Å². The highest BCUT2D eigenvalue weighted by Crippen LogP contribution is 2.18. The van der Waals surface area contributed by atoms with Crippen molar-refractivity contribution in [2.45, 2.75) is 25.9 Å². The summed E-state index contributed by atoms with van der Waals surface area (Å²) in [4.78, 5) is 12.3. The van der Waals surface area contributed by atoms with Gasteiger partial charge in [0.2, 0.25) is 0 Å². The third-order valence-electron chi connectivity index (χ3n) is 4.19. The normalized spacial score (nSPS) is 16.1. The van der Waals surface area contributed by atoms with Gasteiger partial charge in [0.1, 0.15) is 12.4 Å². The zero-order valence-corrected chi connectivity index (χ0v) is 15.5. The molecule has 0 aromatic heterocycles. The first-order valence-electron chi connectivity index (χ1n) is 8.64. The Labute approximate surface area is 158 Å². The maximum absolute atomic E-state index is 12.3. The van der Waals surface area contributed by atoms with Crippen molar-refractivity contribution in [1.29, 1.82) is 0 Å². The molecule has 0 saturated carbocycles. The van der Waals surface area contributed by atoms with Gasteiger partial charge in [0, 0.05) is 17.9 Å². The molecule has 26 heavy (non-hydrogen) atoms. The Bertz CT molecular complexity index is 771. The zero-order valence-electron chi connectivity index (χ0n) is 14.7. The van der Waals surface area contributed by atoms with Gasteiger partial charge in [-0.05, 0) is 67.9 Å². The summed E-state index contributed by atoms with van der Waals surface area (Å²) in [5, 5.41) is 5.96. The van der Waals surface area contributed by atoms with Crippen LogP contribution in [0.15, 0.2) is 48.5 Å². The predicted octanol–water partition coefficient (Wildman–Crippen LogP) is 3.68. The van der Waals surface area contributed by atoms with E-state index in [1.165, 1.54) is 0 Å². The molecule has 1 fully saturated rings. The Morgan fingerprint density at radius 2 is 2.00 bits per heavy atom. The molecule has 3 rings (SSSR count). The number of ether oxygens (including phenoxy) is 2. The van der Waals surface area contributed by atoms with Crippen molar-refractivity contribution in [2.24, 2.45) is 0 Å². The van der Waals surface area contributed by atoms with Crippen LogP contribution in [0.3, 0.4) is 0 Å². The molecule has 2 aromatic carbocycles. The fourth-order valence-corrected chi connectivity index (χ4v) is 2.97. The van der Waals surface area contributed by atoms with Crippen LogP contribution in [0.25, 0.3) is 0 Å². The number of aryl methyl sites for hydroxylation is 1. The van der Waals surface area contributed by atoms with Gasteiger partial charge in [-0.2, -0.15) is 0 Å². The first-order chi connectivity index (χ1) is 12.6. The van der Waals surface area contributed by atoms with Gasteiger partial charge in [-0.25, -0.2) is 0 Å². The molecule has 5 nitrogen and oxygen atoms in total. The van der Waals surface area contributed by atoms with E-state index in [0.717, 1.165) is 36.4 Å². The number of hydrogen-bond acceptors (Lipinski definition) is 4. The van der Waals surface area contributed by atoms with E-state index in [1.54, 1.807) is 6.07 Å². The van der Waals surface area contributed by atoms with Crippen molar-refractivity contribution in [2.75, 3.05) is 18.5 Å². The lowest BCUT2D eigenvalue weighted by Gasteiger charge is -2.13. The average Bonchev–Trinajstić information content (AvgIpc) is 3.15. The lowest BCUT2D eigenvalue weighted by Crippen LogP contribution is -2.34. The maximum Gasteiger partial charge on any atom is 0.257 e. The van der Waals surface area contributed by atoms with Crippen molar-refractivity contribution >= 4 is 28.9 Å². The Balaban J connectivity index is 1.49. The number of hydrogen-bond donors (Lipinski definition) is 2. The van der Waals surface area contributed by atoms with Crippen LogP contribution in [0.2, 0.25) is 0 Å². The lowest BCUT2D eigenvalue weighted by atomic mass is 10.1. The topological polar surface area (TPSA) is 59.6 Å². The van der Waals surface area contributed by atoms with Crippen molar-refractivity contribution in [3.8, 4) is 5.75 Å². The molecule has 0 unspecified atom stereocenters. The second-order valence-electron chi connectivity index (χ2n) is 6.19. The van der Waals surface area contributed by atoms with Crippen LogP contribution in [0.4, 0.5) is 5.69 Å². The molecule has 2 aromatic rings. The molecule has 136 valence electrons. The van der Waals surface area contributed by atoms with E-state index in [1.807, 2.05) is 49.4 Å². The van der Waals surface area contributed by atoms with Crippen LogP contribution in [0.5, 0.6) is 5.75 Å². The van der Waals surface area contributed by atoms with E-state index in [2.05, 4.69) is 10.6 Å². The molecule has 1 saturated heterocycles. The van der Waals surface area contributed by atoms with E-state index >= 15 is 0 Å². The summed E-state index contributed by atoms with van der Waals surface area (Å²) in [5.41, 5.74) is 2.29. The Morgan fingerprint density at radius 1 is 1.23 bits per heavy atom. The van der Waals surface area contributed by atoms with Gasteiger partial charge in [0.05, 0.1) is 6.10 Å². The largest absolute Gasteiger partial charge is 0.491 e. The SMILES string of the molecule is Cc1ccccc1C(=O)NC(=S)Nc1ccc(OC[C@H]2CCCO2)cc1. The number of carbonyl (C=O) groups is 1. The Kier molecular flexibility index (Phi) is 6.20. The molecule has 0 radical (unpaired) electrons. The van der Waals surface area contributed by atoms with E-state index < -0.39 is 0 Å². The van der Waals surface area contributed by atoms with Crippen LogP contribution >= 0.6 is 12.2 Å². The highest BCUT2D eigenvalue weighted by Gasteiger charge is 2.16. The summed E-state index contributed by atoms with van der Waals surface area (Å²) in [5.74, 6) is 0.554. The zero-order chi connectivity index (χ0) is 18.4. The first kappa shape index (κ1) is 18.4. The quantitative estimate of drug-likeness (QED) is 0.787. The van der Waals surface area contributed by atoms with Crippen molar-refractivity contribution in [3.05, 3.63) is 59.7 Å². The minimum Gasteiger partial charge on any atom is -0.491 e. The monoisotopic (exact) mass is 370 g/mol. The average molecular weight is 370 g/mol. The summed E-state index contributed by atoms with van der Waals surface area (Å²) >= 11 is 5.22. The summed E-state index contributed by atoms with van der Waals surface area (Å²) in [6, 6.07) is 14.8. The van der Waals surface area contributed by atoms with E-state index in [9.17, 15) is 4.79 Å². The van der Waals surface area contributed by atoms with Gasteiger partial charge in [0.25, 0.3) is 5.91 Å². The molecule has 0 spiro atoms. The number of amides is 1. The molecule has 1 aliphatic heterocycles. The molecule has 1 aliphatic rings. The summed E-state index contributed by atoms with van der Waals surface area (Å²) in [6.45, 7) is 3.28. The maximum atomic E-state index is 12.3. The highest BCUT2D eigenvalue weighted by molar-refractivity contribution is 7.80. The fraction of sp³-hybridized carbons (Fsp3) is 0.300. The number of benzene rings is 2. The second-order valence-corrected chi connectivity index (χ2v) is 6.60. The number of anilines is 1. The lowest BCUT2D eigenvalue weighted by molar-refractivity contribution is 0.0679. The van der Waals surface area contributed by atoms with Crippen LogP contribution in [0.1, 0.15) is 28.8 Å². The molecule has 6 heteroatoms. The van der Waals surface area contributed by atoms with Crippen LogP contribution < -0.4 is 15.4 Å². The van der Waals surface area contributed by atoms with Crippen molar-refractivity contribution < 1.29 is 14.3 Å². The molecular formula is C20H22N2O3S. The predicted molar refractivity (Wildman–Crippen MR) is 106 cm³/mol. The van der Waals surface area contributed by atoms with E-state index in [4.69, 9.17) is 21.7 Å². The smallest absolute Gasteiger partial charge is 0.257 e. The molecular weight excluding hydrogens is 348 g/mol. The first-order valence-corrected chi connectivity index (χ1v) is 9.05. The number of nitrogens with one attached hydrogen (secondary N) is 2. The molecule has 1 heterocycles. The summed E-state index contributed by atoms with van der Waals surface area (Å²) in [6.07, 6.45) is 2.34. The van der Waals surface area contributed by atoms with Gasteiger partial charge in [-0.15, -0.1) is 0 Å². The van der Waals surface area contributed by atoms with E-state index in [0.29, 0.717) is 12.2 Å². The van der Waals surface area contributed by atoms with Crippen molar-refractivity contribution in [1.82, 2.24) is 5.32 Å². The second kappa shape index (κ2) is 8.78. The summed E-state index contributed by atoms with van der Waals surface area (Å²) in [7, 11) is 0. The fourth-order valence-electron chi connectivity index (χ4n) is 2.76. The Morgan fingerprint density at radius 3 is 2.69 bits per heavy atom. The van der Waals surface area contributed by atoms with Gasteiger partial charge >= 0.3 is 0 Å². The standard InChI is InChI=1S/C20H22N2O3S/c1-14-5-2-3-7-18(14)19(23)22-20(26)21-15-8-10-16(11-9-15)25-13-17-6-4-12-24-17/h2-3,5,7-11,17H,4,6,12-13H2,1H3,(H2,21,22,23,26)/t17-/m1/s1. The van der Waals surface area contributed by atoms with Gasteiger partial charge < -0.3 is 14.8 Å². The number of thiocarbonyl (C=S) groups is 1. The molecule has 0 bridgehead atoms. The minimum atomic E-state index is -0.225. The third-order valence-corrected chi connectivity index (χ3v) is 4.39. The van der Waals surface area contributed by atoms with Gasteiger partial charge in [-0.1, -0.05) is 18.2 Å². The van der Waals surface area contributed by atoms with Crippen LogP contribution in [0, 0.1) is 6.92 Å². The number of carbonyl (C=O) groups excluding carboxylic acids is 1. The number of rotatable bonds is 5.